The standard InChI is InChI=1S/C17H22F4N2/c18-13-5-6-16(17(19,20)21)12(9-13)11-23(14-3-1-2-4-14)15-7-8-22-10-15/h5-6,9,14-15,22H,1-4,7-8,10-11H2. The third kappa shape index (κ3) is 3.86. The molecule has 1 N–H and O–H groups in total. The van der Waals surface area contributed by atoms with Crippen molar-refractivity contribution in [3.63, 3.8) is 0 Å². The summed E-state index contributed by atoms with van der Waals surface area (Å²) in [4.78, 5) is 2.18. The molecule has 1 saturated carbocycles. The first-order valence-corrected chi connectivity index (χ1v) is 8.27. The molecule has 2 nitrogen and oxygen atoms in total. The Morgan fingerprint density at radius 3 is 2.43 bits per heavy atom. The van der Waals surface area contributed by atoms with Crippen molar-refractivity contribution < 1.29 is 17.6 Å². The van der Waals surface area contributed by atoms with Gasteiger partial charge < -0.3 is 5.32 Å². The van der Waals surface area contributed by atoms with Crippen molar-refractivity contribution >= 4 is 0 Å². The van der Waals surface area contributed by atoms with Crippen molar-refractivity contribution in [2.45, 2.75) is 56.9 Å². The van der Waals surface area contributed by atoms with E-state index in [0.717, 1.165) is 63.4 Å². The van der Waals surface area contributed by atoms with Crippen LogP contribution in [0, 0.1) is 5.82 Å². The van der Waals surface area contributed by atoms with Crippen LogP contribution in [0.15, 0.2) is 18.2 Å². The Kier molecular flexibility index (Phi) is 4.92. The van der Waals surface area contributed by atoms with Gasteiger partial charge in [0.25, 0.3) is 0 Å². The van der Waals surface area contributed by atoms with Crippen molar-refractivity contribution in [3.8, 4) is 0 Å². The van der Waals surface area contributed by atoms with Gasteiger partial charge >= 0.3 is 6.18 Å². The molecular weight excluding hydrogens is 308 g/mol. The first-order chi connectivity index (χ1) is 10.9. The molecule has 6 heteroatoms. The quantitative estimate of drug-likeness (QED) is 0.841. The molecule has 0 spiro atoms. The van der Waals surface area contributed by atoms with Crippen LogP contribution in [-0.4, -0.2) is 30.1 Å². The molecule has 0 aromatic heterocycles. The van der Waals surface area contributed by atoms with Gasteiger partial charge in [-0.25, -0.2) is 4.39 Å². The molecule has 1 aromatic rings. The van der Waals surface area contributed by atoms with E-state index >= 15 is 0 Å². The van der Waals surface area contributed by atoms with Crippen LogP contribution >= 0.6 is 0 Å². The van der Waals surface area contributed by atoms with Crippen LogP contribution in [0.3, 0.4) is 0 Å². The van der Waals surface area contributed by atoms with Gasteiger partial charge in [0, 0.05) is 25.2 Å². The highest BCUT2D eigenvalue weighted by Crippen LogP contribution is 2.35. The van der Waals surface area contributed by atoms with E-state index in [9.17, 15) is 17.6 Å². The molecule has 2 aliphatic rings. The molecule has 1 atom stereocenters. The number of hydrogen-bond donors (Lipinski definition) is 1. The largest absolute Gasteiger partial charge is 0.416 e. The molecular formula is C17H22F4N2. The lowest BCUT2D eigenvalue weighted by Gasteiger charge is -2.34. The number of hydrogen-bond acceptors (Lipinski definition) is 2. The van der Waals surface area contributed by atoms with Gasteiger partial charge in [-0.2, -0.15) is 13.2 Å². The maximum Gasteiger partial charge on any atom is 0.416 e. The molecule has 3 rings (SSSR count). The molecule has 1 aliphatic carbocycles. The van der Waals surface area contributed by atoms with Gasteiger partial charge in [-0.1, -0.05) is 12.8 Å². The summed E-state index contributed by atoms with van der Waals surface area (Å²) in [6.45, 7) is 1.86. The number of halogens is 4. The van der Waals surface area contributed by atoms with E-state index in [0.29, 0.717) is 6.04 Å². The van der Waals surface area contributed by atoms with Gasteiger partial charge in [-0.05, 0) is 49.6 Å². The summed E-state index contributed by atoms with van der Waals surface area (Å²) >= 11 is 0. The number of benzene rings is 1. The second-order valence-electron chi connectivity index (χ2n) is 6.56. The number of rotatable bonds is 4. The van der Waals surface area contributed by atoms with Crippen molar-refractivity contribution in [2.24, 2.45) is 0 Å². The molecule has 0 amide bonds. The van der Waals surface area contributed by atoms with E-state index in [2.05, 4.69) is 10.2 Å². The maximum absolute atomic E-state index is 13.5. The second-order valence-corrected chi connectivity index (χ2v) is 6.56. The summed E-state index contributed by atoms with van der Waals surface area (Å²) in [5.74, 6) is -0.607. The fraction of sp³-hybridized carbons (Fsp3) is 0.647. The van der Waals surface area contributed by atoms with Crippen molar-refractivity contribution in [3.05, 3.63) is 35.1 Å². The van der Waals surface area contributed by atoms with Crippen LogP contribution < -0.4 is 5.32 Å². The van der Waals surface area contributed by atoms with E-state index in [1.54, 1.807) is 0 Å². The summed E-state index contributed by atoms with van der Waals surface area (Å²) < 4.78 is 53.2. The Morgan fingerprint density at radius 2 is 1.83 bits per heavy atom. The van der Waals surface area contributed by atoms with E-state index in [1.165, 1.54) is 0 Å². The van der Waals surface area contributed by atoms with E-state index in [1.807, 2.05) is 0 Å². The van der Waals surface area contributed by atoms with Crippen molar-refractivity contribution in [1.29, 1.82) is 0 Å². The number of nitrogens with zero attached hydrogens (tertiary/aromatic N) is 1. The summed E-state index contributed by atoms with van der Waals surface area (Å²) in [5, 5.41) is 3.28. The average molecular weight is 330 g/mol. The van der Waals surface area contributed by atoms with E-state index in [4.69, 9.17) is 0 Å². The first kappa shape index (κ1) is 16.7. The topological polar surface area (TPSA) is 15.3 Å². The SMILES string of the molecule is Fc1ccc(C(F)(F)F)c(CN(C2CCCC2)C2CCNC2)c1. The van der Waals surface area contributed by atoms with Crippen LogP contribution in [-0.2, 0) is 12.7 Å². The van der Waals surface area contributed by atoms with Crippen molar-refractivity contribution in [1.82, 2.24) is 10.2 Å². The van der Waals surface area contributed by atoms with E-state index < -0.39 is 17.6 Å². The minimum Gasteiger partial charge on any atom is -0.315 e. The molecule has 1 unspecified atom stereocenters. The Hall–Kier alpha value is -1.14. The molecule has 23 heavy (non-hydrogen) atoms. The number of nitrogens with one attached hydrogen (secondary N) is 1. The minimum atomic E-state index is -4.45. The van der Waals surface area contributed by atoms with Gasteiger partial charge in [0.2, 0.25) is 0 Å². The van der Waals surface area contributed by atoms with E-state index in [-0.39, 0.29) is 18.2 Å². The van der Waals surface area contributed by atoms with Crippen LogP contribution in [0.2, 0.25) is 0 Å². The van der Waals surface area contributed by atoms with Gasteiger partial charge in [0.1, 0.15) is 5.82 Å². The highest BCUT2D eigenvalue weighted by atomic mass is 19.4. The monoisotopic (exact) mass is 330 g/mol. The Labute approximate surface area is 133 Å². The minimum absolute atomic E-state index is 0.0521. The third-order valence-electron chi connectivity index (χ3n) is 5.02. The third-order valence-corrected chi connectivity index (χ3v) is 5.02. The second kappa shape index (κ2) is 6.77. The zero-order valence-corrected chi connectivity index (χ0v) is 13.0. The Balaban J connectivity index is 1.88. The van der Waals surface area contributed by atoms with Crippen LogP contribution in [0.25, 0.3) is 0 Å². The predicted octanol–water partition coefficient (Wildman–Crippen LogP) is 3.95. The molecule has 1 heterocycles. The molecule has 1 aliphatic heterocycles. The zero-order valence-electron chi connectivity index (χ0n) is 13.0. The number of alkyl halides is 3. The molecule has 0 bridgehead atoms. The lowest BCUT2D eigenvalue weighted by atomic mass is 10.0. The molecule has 128 valence electrons. The zero-order chi connectivity index (χ0) is 16.4. The van der Waals surface area contributed by atoms with Gasteiger partial charge in [0.05, 0.1) is 5.56 Å². The van der Waals surface area contributed by atoms with Crippen molar-refractivity contribution in [2.75, 3.05) is 13.1 Å². The summed E-state index contributed by atoms with van der Waals surface area (Å²) in [7, 11) is 0. The van der Waals surface area contributed by atoms with Crippen LogP contribution in [0.1, 0.15) is 43.2 Å². The first-order valence-electron chi connectivity index (χ1n) is 8.27. The Bertz CT molecular complexity index is 516. The smallest absolute Gasteiger partial charge is 0.315 e. The average Bonchev–Trinajstić information content (AvgIpc) is 3.17. The molecule has 1 saturated heterocycles. The summed E-state index contributed by atoms with van der Waals surface area (Å²) in [6, 6.07) is 3.35. The molecule has 0 radical (unpaired) electrons. The Morgan fingerprint density at radius 1 is 1.09 bits per heavy atom. The molecule has 2 fully saturated rings. The predicted molar refractivity (Wildman–Crippen MR) is 80.5 cm³/mol. The fourth-order valence-corrected chi connectivity index (χ4v) is 3.88. The van der Waals surface area contributed by atoms with Crippen LogP contribution in [0.5, 0.6) is 0 Å². The lowest BCUT2D eigenvalue weighted by Crippen LogP contribution is -2.43. The lowest BCUT2D eigenvalue weighted by molar-refractivity contribution is -0.138. The summed E-state index contributed by atoms with van der Waals surface area (Å²) in [6.07, 6.45) is 0.777. The van der Waals surface area contributed by atoms with Gasteiger partial charge in [-0.15, -0.1) is 0 Å². The maximum atomic E-state index is 13.5. The molecule has 1 aromatic carbocycles. The summed E-state index contributed by atoms with van der Waals surface area (Å²) in [5.41, 5.74) is -0.663. The van der Waals surface area contributed by atoms with Gasteiger partial charge in [-0.3, -0.25) is 4.90 Å². The normalized spacial score (nSPS) is 23.1. The highest BCUT2D eigenvalue weighted by molar-refractivity contribution is 5.30. The fourth-order valence-electron chi connectivity index (χ4n) is 3.88. The van der Waals surface area contributed by atoms with Gasteiger partial charge in [0.15, 0.2) is 0 Å². The van der Waals surface area contributed by atoms with Crippen LogP contribution in [0.4, 0.5) is 17.6 Å². The highest BCUT2D eigenvalue weighted by Gasteiger charge is 2.36.